The Hall–Kier alpha value is -2.90. The van der Waals surface area contributed by atoms with Gasteiger partial charge >= 0.3 is 12.0 Å². The van der Waals surface area contributed by atoms with Gasteiger partial charge in [0.15, 0.2) is 6.61 Å². The average Bonchev–Trinajstić information content (AvgIpc) is 2.90. The maximum Gasteiger partial charge on any atom is 0.326 e. The molecule has 0 aromatic heterocycles. The number of hydrogen-bond acceptors (Lipinski definition) is 5. The average molecular weight is 375 g/mol. The molecule has 1 aromatic rings. The SMILES string of the molecule is CCC1(CC)NC(=O)N(CC(=O)OCC(=O)NCc2ccccc2C)C1=O. The van der Waals surface area contributed by atoms with E-state index in [0.29, 0.717) is 19.4 Å². The van der Waals surface area contributed by atoms with Crippen LogP contribution in [0.15, 0.2) is 24.3 Å². The number of urea groups is 1. The largest absolute Gasteiger partial charge is 0.454 e. The molecule has 0 atom stereocenters. The van der Waals surface area contributed by atoms with E-state index in [9.17, 15) is 19.2 Å². The van der Waals surface area contributed by atoms with E-state index in [1.54, 1.807) is 13.8 Å². The third-order valence-corrected chi connectivity index (χ3v) is 4.84. The number of nitrogens with zero attached hydrogens (tertiary/aromatic N) is 1. The van der Waals surface area contributed by atoms with Crippen LogP contribution >= 0.6 is 0 Å². The number of carbonyl (C=O) groups is 4. The van der Waals surface area contributed by atoms with Crippen LogP contribution in [0.3, 0.4) is 0 Å². The third-order valence-electron chi connectivity index (χ3n) is 4.84. The van der Waals surface area contributed by atoms with Crippen LogP contribution in [0.5, 0.6) is 0 Å². The summed E-state index contributed by atoms with van der Waals surface area (Å²) in [6, 6.07) is 6.99. The quantitative estimate of drug-likeness (QED) is 0.526. The van der Waals surface area contributed by atoms with Crippen molar-refractivity contribution in [2.75, 3.05) is 13.2 Å². The van der Waals surface area contributed by atoms with Crippen molar-refractivity contribution < 1.29 is 23.9 Å². The zero-order chi connectivity index (χ0) is 20.0. The fourth-order valence-corrected chi connectivity index (χ4v) is 2.92. The van der Waals surface area contributed by atoms with Crippen LogP contribution < -0.4 is 10.6 Å². The summed E-state index contributed by atoms with van der Waals surface area (Å²) in [7, 11) is 0. The summed E-state index contributed by atoms with van der Waals surface area (Å²) in [6.45, 7) is 4.86. The molecule has 1 fully saturated rings. The second-order valence-corrected chi connectivity index (χ2v) is 6.47. The lowest BCUT2D eigenvalue weighted by Crippen LogP contribution is -2.46. The Kier molecular flexibility index (Phi) is 6.55. The lowest BCUT2D eigenvalue weighted by atomic mass is 9.93. The number of aryl methyl sites for hydroxylation is 1. The van der Waals surface area contributed by atoms with Crippen LogP contribution in [0.2, 0.25) is 0 Å². The van der Waals surface area contributed by atoms with Gasteiger partial charge in [-0.1, -0.05) is 38.1 Å². The molecule has 146 valence electrons. The fraction of sp³-hybridized carbons (Fsp3) is 0.474. The second kappa shape index (κ2) is 8.66. The topological polar surface area (TPSA) is 105 Å². The Morgan fingerprint density at radius 3 is 2.44 bits per heavy atom. The van der Waals surface area contributed by atoms with Crippen molar-refractivity contribution in [3.8, 4) is 0 Å². The maximum absolute atomic E-state index is 12.4. The Balaban J connectivity index is 1.80. The first-order chi connectivity index (χ1) is 12.8. The van der Waals surface area contributed by atoms with Gasteiger partial charge in [-0.3, -0.25) is 19.3 Å². The Bertz CT molecular complexity index is 743. The highest BCUT2D eigenvalue weighted by molar-refractivity contribution is 6.08. The van der Waals surface area contributed by atoms with Crippen molar-refractivity contribution in [3.05, 3.63) is 35.4 Å². The van der Waals surface area contributed by atoms with Crippen molar-refractivity contribution in [2.45, 2.75) is 45.7 Å². The summed E-state index contributed by atoms with van der Waals surface area (Å²) in [5.41, 5.74) is 1.04. The first-order valence-electron chi connectivity index (χ1n) is 8.94. The number of esters is 1. The molecule has 8 nitrogen and oxygen atoms in total. The first kappa shape index (κ1) is 20.4. The molecule has 0 saturated carbocycles. The van der Waals surface area contributed by atoms with E-state index >= 15 is 0 Å². The van der Waals surface area contributed by atoms with Crippen LogP contribution in [-0.4, -0.2) is 47.4 Å². The summed E-state index contributed by atoms with van der Waals surface area (Å²) in [5, 5.41) is 5.29. The molecule has 1 aromatic carbocycles. The zero-order valence-corrected chi connectivity index (χ0v) is 15.8. The van der Waals surface area contributed by atoms with Crippen LogP contribution in [0, 0.1) is 6.92 Å². The number of carbonyl (C=O) groups excluding carboxylic acids is 4. The molecule has 0 unspecified atom stereocenters. The molecule has 27 heavy (non-hydrogen) atoms. The van der Waals surface area contributed by atoms with Gasteiger partial charge in [-0.25, -0.2) is 4.79 Å². The number of benzene rings is 1. The van der Waals surface area contributed by atoms with Crippen LogP contribution in [0.1, 0.15) is 37.8 Å². The molecule has 2 rings (SSSR count). The van der Waals surface area contributed by atoms with Crippen molar-refractivity contribution >= 4 is 23.8 Å². The lowest BCUT2D eigenvalue weighted by molar-refractivity contribution is -0.151. The van der Waals surface area contributed by atoms with E-state index in [1.807, 2.05) is 31.2 Å². The molecule has 0 bridgehead atoms. The summed E-state index contributed by atoms with van der Waals surface area (Å²) < 4.78 is 4.89. The van der Waals surface area contributed by atoms with E-state index in [4.69, 9.17) is 4.74 Å². The van der Waals surface area contributed by atoms with Crippen LogP contribution in [-0.2, 0) is 25.7 Å². The number of imide groups is 1. The van der Waals surface area contributed by atoms with E-state index < -0.39 is 42.5 Å². The number of amides is 4. The van der Waals surface area contributed by atoms with E-state index in [1.165, 1.54) is 0 Å². The number of nitrogens with one attached hydrogen (secondary N) is 2. The van der Waals surface area contributed by atoms with Crippen LogP contribution in [0.4, 0.5) is 4.79 Å². The summed E-state index contributed by atoms with van der Waals surface area (Å²) in [6.07, 6.45) is 0.863. The zero-order valence-electron chi connectivity index (χ0n) is 15.8. The molecule has 0 radical (unpaired) electrons. The molecule has 8 heteroatoms. The van der Waals surface area contributed by atoms with Gasteiger partial charge < -0.3 is 15.4 Å². The molecule has 2 N–H and O–H groups in total. The van der Waals surface area contributed by atoms with E-state index in [0.717, 1.165) is 16.0 Å². The predicted molar refractivity (Wildman–Crippen MR) is 97.5 cm³/mol. The summed E-state index contributed by atoms with van der Waals surface area (Å²) in [4.78, 5) is 49.0. The highest BCUT2D eigenvalue weighted by Crippen LogP contribution is 2.24. The highest BCUT2D eigenvalue weighted by atomic mass is 16.5. The maximum atomic E-state index is 12.4. The van der Waals surface area contributed by atoms with Crippen LogP contribution in [0.25, 0.3) is 0 Å². The normalized spacial score (nSPS) is 15.4. The summed E-state index contributed by atoms with van der Waals surface area (Å²) >= 11 is 0. The van der Waals surface area contributed by atoms with Gasteiger partial charge in [0.05, 0.1) is 0 Å². The molecule has 1 saturated heterocycles. The Labute approximate surface area is 158 Å². The van der Waals surface area contributed by atoms with Gasteiger partial charge in [0.2, 0.25) is 0 Å². The van der Waals surface area contributed by atoms with Gasteiger partial charge in [0.25, 0.3) is 11.8 Å². The highest BCUT2D eigenvalue weighted by Gasteiger charge is 2.49. The molecule has 1 aliphatic heterocycles. The second-order valence-electron chi connectivity index (χ2n) is 6.47. The van der Waals surface area contributed by atoms with Crippen molar-refractivity contribution in [2.24, 2.45) is 0 Å². The van der Waals surface area contributed by atoms with Gasteiger partial charge in [0.1, 0.15) is 12.1 Å². The molecular formula is C19H25N3O5. The number of rotatable bonds is 8. The minimum atomic E-state index is -0.970. The molecular weight excluding hydrogens is 350 g/mol. The van der Waals surface area contributed by atoms with Gasteiger partial charge in [-0.05, 0) is 30.9 Å². The van der Waals surface area contributed by atoms with Crippen molar-refractivity contribution in [3.63, 3.8) is 0 Å². The fourth-order valence-electron chi connectivity index (χ4n) is 2.92. The monoisotopic (exact) mass is 375 g/mol. The number of hydrogen-bond donors (Lipinski definition) is 2. The smallest absolute Gasteiger partial charge is 0.326 e. The summed E-state index contributed by atoms with van der Waals surface area (Å²) in [5.74, 6) is -1.72. The predicted octanol–water partition coefficient (Wildman–Crippen LogP) is 1.27. The van der Waals surface area contributed by atoms with Gasteiger partial charge in [-0.15, -0.1) is 0 Å². The molecule has 0 spiro atoms. The van der Waals surface area contributed by atoms with Crippen molar-refractivity contribution in [1.29, 1.82) is 0 Å². The van der Waals surface area contributed by atoms with Gasteiger partial charge in [0, 0.05) is 6.54 Å². The molecule has 1 heterocycles. The van der Waals surface area contributed by atoms with E-state index in [-0.39, 0.29) is 0 Å². The minimum absolute atomic E-state index is 0.325. The Morgan fingerprint density at radius 2 is 1.85 bits per heavy atom. The first-order valence-corrected chi connectivity index (χ1v) is 8.94. The lowest BCUT2D eigenvalue weighted by Gasteiger charge is -2.22. The number of ether oxygens (including phenoxy) is 1. The standard InChI is InChI=1S/C19H25N3O5/c1-4-19(5-2)17(25)22(18(26)21-19)11-16(24)27-12-15(23)20-10-14-9-7-6-8-13(14)3/h6-9H,4-5,10-12H2,1-3H3,(H,20,23)(H,21,26). The minimum Gasteiger partial charge on any atom is -0.454 e. The third kappa shape index (κ3) is 4.64. The van der Waals surface area contributed by atoms with E-state index in [2.05, 4.69) is 10.6 Å². The molecule has 4 amide bonds. The molecule has 0 aliphatic carbocycles. The van der Waals surface area contributed by atoms with Gasteiger partial charge in [-0.2, -0.15) is 0 Å². The van der Waals surface area contributed by atoms with Crippen molar-refractivity contribution in [1.82, 2.24) is 15.5 Å². The Morgan fingerprint density at radius 1 is 1.19 bits per heavy atom. The molecule has 1 aliphatic rings.